The van der Waals surface area contributed by atoms with E-state index in [2.05, 4.69) is 34.2 Å². The Hall–Kier alpha value is -2.11. The van der Waals surface area contributed by atoms with Gasteiger partial charge in [-0.3, -0.25) is 4.68 Å². The van der Waals surface area contributed by atoms with E-state index in [1.807, 2.05) is 23.9 Å². The molecule has 0 unspecified atom stereocenters. The van der Waals surface area contributed by atoms with Crippen LogP contribution in [0, 0.1) is 6.92 Å². The largest absolute Gasteiger partial charge is 0.383 e. The summed E-state index contributed by atoms with van der Waals surface area (Å²) < 4.78 is 1.87. The minimum atomic E-state index is 0.259. The van der Waals surface area contributed by atoms with Gasteiger partial charge in [0.1, 0.15) is 17.5 Å². The van der Waals surface area contributed by atoms with E-state index < -0.39 is 0 Å². The SMILES string of the molecule is Cc1c(N)nc(C(C)C)nc1NCCn1cccn1. The van der Waals surface area contributed by atoms with Crippen LogP contribution in [0.4, 0.5) is 11.6 Å². The number of nitrogens with zero attached hydrogens (tertiary/aromatic N) is 4. The molecule has 0 radical (unpaired) electrons. The highest BCUT2D eigenvalue weighted by Gasteiger charge is 2.10. The molecule has 3 N–H and O–H groups in total. The van der Waals surface area contributed by atoms with E-state index >= 15 is 0 Å². The molecule has 0 aliphatic rings. The van der Waals surface area contributed by atoms with Gasteiger partial charge in [0, 0.05) is 30.4 Å². The van der Waals surface area contributed by atoms with Crippen molar-refractivity contribution in [3.63, 3.8) is 0 Å². The van der Waals surface area contributed by atoms with Gasteiger partial charge in [-0.15, -0.1) is 0 Å². The lowest BCUT2D eigenvalue weighted by Gasteiger charge is -2.13. The van der Waals surface area contributed by atoms with Crippen molar-refractivity contribution in [2.75, 3.05) is 17.6 Å². The summed E-state index contributed by atoms with van der Waals surface area (Å²) in [6, 6.07) is 1.91. The zero-order chi connectivity index (χ0) is 13.8. The molecular formula is C13H20N6. The maximum atomic E-state index is 5.92. The van der Waals surface area contributed by atoms with Crippen LogP contribution in [0.5, 0.6) is 0 Å². The number of nitrogens with two attached hydrogens (primary N) is 1. The summed E-state index contributed by atoms with van der Waals surface area (Å²) in [5, 5.41) is 7.45. The van der Waals surface area contributed by atoms with Crippen LogP contribution in [0.1, 0.15) is 31.2 Å². The van der Waals surface area contributed by atoms with Gasteiger partial charge < -0.3 is 11.1 Å². The quantitative estimate of drug-likeness (QED) is 0.856. The second kappa shape index (κ2) is 5.69. The van der Waals surface area contributed by atoms with Crippen molar-refractivity contribution in [1.82, 2.24) is 19.7 Å². The topological polar surface area (TPSA) is 81.6 Å². The second-order valence-electron chi connectivity index (χ2n) is 4.79. The summed E-state index contributed by atoms with van der Waals surface area (Å²) in [5.41, 5.74) is 6.81. The van der Waals surface area contributed by atoms with Gasteiger partial charge in [0.2, 0.25) is 0 Å². The molecule has 0 spiro atoms. The molecule has 2 heterocycles. The van der Waals surface area contributed by atoms with Crippen LogP contribution in [-0.4, -0.2) is 26.3 Å². The van der Waals surface area contributed by atoms with Crippen LogP contribution in [-0.2, 0) is 6.54 Å². The number of nitrogen functional groups attached to an aromatic ring is 1. The van der Waals surface area contributed by atoms with Crippen molar-refractivity contribution in [3.8, 4) is 0 Å². The second-order valence-corrected chi connectivity index (χ2v) is 4.79. The van der Waals surface area contributed by atoms with E-state index in [1.54, 1.807) is 6.20 Å². The molecule has 0 aromatic carbocycles. The van der Waals surface area contributed by atoms with Gasteiger partial charge in [0.15, 0.2) is 0 Å². The Kier molecular flexibility index (Phi) is 3.99. The third-order valence-electron chi connectivity index (χ3n) is 2.91. The Morgan fingerprint density at radius 1 is 1.37 bits per heavy atom. The number of rotatable bonds is 5. The van der Waals surface area contributed by atoms with Crippen LogP contribution in [0.25, 0.3) is 0 Å². The molecule has 0 aliphatic heterocycles. The predicted octanol–water partition coefficient (Wildman–Crippen LogP) is 1.80. The molecule has 0 bridgehead atoms. The molecule has 0 amide bonds. The molecule has 0 atom stereocenters. The molecule has 0 saturated carbocycles. The highest BCUT2D eigenvalue weighted by Crippen LogP contribution is 2.20. The van der Waals surface area contributed by atoms with Crippen LogP contribution in [0.2, 0.25) is 0 Å². The highest BCUT2D eigenvalue weighted by molar-refractivity contribution is 5.54. The van der Waals surface area contributed by atoms with E-state index in [9.17, 15) is 0 Å². The summed E-state index contributed by atoms with van der Waals surface area (Å²) in [7, 11) is 0. The van der Waals surface area contributed by atoms with Gasteiger partial charge in [0.25, 0.3) is 0 Å². The fourth-order valence-electron chi connectivity index (χ4n) is 1.70. The molecule has 0 fully saturated rings. The lowest BCUT2D eigenvalue weighted by molar-refractivity contribution is 0.636. The molecule has 102 valence electrons. The van der Waals surface area contributed by atoms with Crippen LogP contribution in [0.15, 0.2) is 18.5 Å². The Balaban J connectivity index is 2.06. The molecule has 6 nitrogen and oxygen atoms in total. The zero-order valence-electron chi connectivity index (χ0n) is 11.6. The third kappa shape index (κ3) is 3.21. The predicted molar refractivity (Wildman–Crippen MR) is 76.0 cm³/mol. The first-order valence-corrected chi connectivity index (χ1v) is 6.43. The number of anilines is 2. The van der Waals surface area contributed by atoms with Gasteiger partial charge in [-0.25, -0.2) is 9.97 Å². The van der Waals surface area contributed by atoms with Crippen LogP contribution >= 0.6 is 0 Å². The van der Waals surface area contributed by atoms with Gasteiger partial charge in [-0.05, 0) is 13.0 Å². The van der Waals surface area contributed by atoms with Crippen molar-refractivity contribution in [2.24, 2.45) is 0 Å². The molecule has 2 rings (SSSR count). The van der Waals surface area contributed by atoms with Crippen molar-refractivity contribution >= 4 is 11.6 Å². The molecular weight excluding hydrogens is 240 g/mol. The molecule has 2 aromatic heterocycles. The van der Waals surface area contributed by atoms with E-state index in [4.69, 9.17) is 5.73 Å². The smallest absolute Gasteiger partial charge is 0.135 e. The monoisotopic (exact) mass is 260 g/mol. The average molecular weight is 260 g/mol. The molecule has 2 aromatic rings. The van der Waals surface area contributed by atoms with E-state index in [0.717, 1.165) is 30.3 Å². The Morgan fingerprint density at radius 3 is 2.79 bits per heavy atom. The summed E-state index contributed by atoms with van der Waals surface area (Å²) >= 11 is 0. The standard InChI is InChI=1S/C13H20N6/c1-9(2)12-17-11(14)10(3)13(18-12)15-6-8-19-7-4-5-16-19/h4-5,7,9H,6,8H2,1-3H3,(H3,14,15,17,18). The van der Waals surface area contributed by atoms with E-state index in [-0.39, 0.29) is 5.92 Å². The fourth-order valence-corrected chi connectivity index (χ4v) is 1.70. The maximum Gasteiger partial charge on any atom is 0.135 e. The number of hydrogen-bond acceptors (Lipinski definition) is 5. The molecule has 6 heteroatoms. The van der Waals surface area contributed by atoms with Crippen molar-refractivity contribution in [3.05, 3.63) is 29.8 Å². The third-order valence-corrected chi connectivity index (χ3v) is 2.91. The Labute approximate surface area is 113 Å². The molecule has 0 aliphatic carbocycles. The lowest BCUT2D eigenvalue weighted by atomic mass is 10.2. The fraction of sp³-hybridized carbons (Fsp3) is 0.462. The van der Waals surface area contributed by atoms with Crippen LogP contribution in [0.3, 0.4) is 0 Å². The maximum absolute atomic E-state index is 5.92. The van der Waals surface area contributed by atoms with E-state index in [0.29, 0.717) is 5.82 Å². The lowest BCUT2D eigenvalue weighted by Crippen LogP contribution is -2.15. The van der Waals surface area contributed by atoms with Gasteiger partial charge >= 0.3 is 0 Å². The van der Waals surface area contributed by atoms with Crippen molar-refractivity contribution < 1.29 is 0 Å². The minimum Gasteiger partial charge on any atom is -0.383 e. The number of hydrogen-bond donors (Lipinski definition) is 2. The molecule has 19 heavy (non-hydrogen) atoms. The van der Waals surface area contributed by atoms with Gasteiger partial charge in [0.05, 0.1) is 6.54 Å². The Bertz CT molecular complexity index is 532. The zero-order valence-corrected chi connectivity index (χ0v) is 11.6. The first-order valence-electron chi connectivity index (χ1n) is 6.43. The first-order chi connectivity index (χ1) is 9.08. The van der Waals surface area contributed by atoms with Gasteiger partial charge in [-0.1, -0.05) is 13.8 Å². The Morgan fingerprint density at radius 2 is 2.16 bits per heavy atom. The van der Waals surface area contributed by atoms with Crippen LogP contribution < -0.4 is 11.1 Å². The summed E-state index contributed by atoms with van der Waals surface area (Å²) in [6.45, 7) is 7.56. The molecule has 0 saturated heterocycles. The minimum absolute atomic E-state index is 0.259. The highest BCUT2D eigenvalue weighted by atomic mass is 15.3. The number of aromatic nitrogens is 4. The van der Waals surface area contributed by atoms with Crippen molar-refractivity contribution in [2.45, 2.75) is 33.2 Å². The van der Waals surface area contributed by atoms with Gasteiger partial charge in [-0.2, -0.15) is 5.10 Å². The number of nitrogens with one attached hydrogen (secondary N) is 1. The summed E-state index contributed by atoms with van der Waals surface area (Å²) in [4.78, 5) is 8.82. The summed E-state index contributed by atoms with van der Waals surface area (Å²) in [6.07, 6.45) is 3.70. The van der Waals surface area contributed by atoms with E-state index in [1.165, 1.54) is 0 Å². The van der Waals surface area contributed by atoms with Crippen molar-refractivity contribution in [1.29, 1.82) is 0 Å². The first kappa shape index (κ1) is 13.3. The average Bonchev–Trinajstić information content (AvgIpc) is 2.87. The summed E-state index contributed by atoms with van der Waals surface area (Å²) in [5.74, 6) is 2.38. The normalized spacial score (nSPS) is 10.9.